The first-order chi connectivity index (χ1) is 9.78. The molecule has 1 fully saturated rings. The molecule has 110 valence electrons. The van der Waals surface area contributed by atoms with Crippen molar-refractivity contribution in [3.8, 4) is 0 Å². The van der Waals surface area contributed by atoms with E-state index in [2.05, 4.69) is 27.4 Å². The Morgan fingerprint density at radius 3 is 2.65 bits per heavy atom. The van der Waals surface area contributed by atoms with Gasteiger partial charge in [-0.25, -0.2) is 0 Å². The van der Waals surface area contributed by atoms with Gasteiger partial charge in [-0.3, -0.25) is 14.8 Å². The van der Waals surface area contributed by atoms with Gasteiger partial charge in [0, 0.05) is 45.5 Å². The molecule has 4 heteroatoms. The van der Waals surface area contributed by atoms with Gasteiger partial charge in [-0.05, 0) is 25.0 Å². The van der Waals surface area contributed by atoms with Gasteiger partial charge >= 0.3 is 0 Å². The molecule has 0 bridgehead atoms. The fourth-order valence-corrected chi connectivity index (χ4v) is 2.55. The molecule has 20 heavy (non-hydrogen) atoms. The Hall–Kier alpha value is -1.23. The summed E-state index contributed by atoms with van der Waals surface area (Å²) >= 11 is 0. The molecule has 0 amide bonds. The summed E-state index contributed by atoms with van der Waals surface area (Å²) in [5.41, 5.74) is 1.13. The number of rotatable bonds is 7. The number of pyridine rings is 1. The van der Waals surface area contributed by atoms with E-state index in [1.165, 1.54) is 0 Å². The van der Waals surface area contributed by atoms with E-state index in [4.69, 9.17) is 0 Å². The molecule has 0 radical (unpaired) electrons. The molecular formula is C16H25N3O. The normalized spacial score (nSPS) is 18.9. The average Bonchev–Trinajstić information content (AvgIpc) is 2.48. The van der Waals surface area contributed by atoms with Gasteiger partial charge in [-0.15, -0.1) is 6.58 Å². The summed E-state index contributed by atoms with van der Waals surface area (Å²) in [6.45, 7) is 9.54. The van der Waals surface area contributed by atoms with E-state index in [1.807, 2.05) is 24.4 Å². The quantitative estimate of drug-likeness (QED) is 0.766. The van der Waals surface area contributed by atoms with Gasteiger partial charge in [0.2, 0.25) is 0 Å². The average molecular weight is 275 g/mol. The van der Waals surface area contributed by atoms with Gasteiger partial charge in [0.15, 0.2) is 0 Å². The van der Waals surface area contributed by atoms with E-state index in [0.717, 1.165) is 57.8 Å². The Morgan fingerprint density at radius 1 is 1.25 bits per heavy atom. The van der Waals surface area contributed by atoms with Crippen molar-refractivity contribution in [3.05, 3.63) is 42.7 Å². The minimum absolute atomic E-state index is 0.227. The highest BCUT2D eigenvalue weighted by Crippen LogP contribution is 2.08. The Balaban J connectivity index is 1.68. The molecule has 1 aliphatic heterocycles. The second-order valence-electron chi connectivity index (χ2n) is 5.42. The first kappa shape index (κ1) is 15.2. The van der Waals surface area contributed by atoms with E-state index in [0.29, 0.717) is 0 Å². The largest absolute Gasteiger partial charge is 0.392 e. The van der Waals surface area contributed by atoms with Crippen LogP contribution in [-0.4, -0.2) is 58.7 Å². The lowest BCUT2D eigenvalue weighted by molar-refractivity contribution is 0.0665. The Bertz CT molecular complexity index is 388. The predicted octanol–water partition coefficient (Wildman–Crippen LogP) is 1.53. The van der Waals surface area contributed by atoms with Crippen LogP contribution >= 0.6 is 0 Å². The number of aliphatic hydroxyl groups is 1. The lowest BCUT2D eigenvalue weighted by Crippen LogP contribution is -2.48. The van der Waals surface area contributed by atoms with Crippen LogP contribution in [0.15, 0.2) is 37.1 Å². The summed E-state index contributed by atoms with van der Waals surface area (Å²) in [7, 11) is 0. The molecule has 1 saturated heterocycles. The van der Waals surface area contributed by atoms with E-state index in [-0.39, 0.29) is 6.10 Å². The molecule has 1 aromatic heterocycles. The number of hydrogen-bond donors (Lipinski definition) is 1. The van der Waals surface area contributed by atoms with Gasteiger partial charge < -0.3 is 5.11 Å². The van der Waals surface area contributed by atoms with Crippen molar-refractivity contribution in [2.75, 3.05) is 32.7 Å². The smallest absolute Gasteiger partial charge is 0.0670 e. The molecule has 1 aromatic rings. The third kappa shape index (κ3) is 5.04. The van der Waals surface area contributed by atoms with Crippen molar-refractivity contribution < 1.29 is 5.11 Å². The van der Waals surface area contributed by atoms with E-state index in [9.17, 15) is 5.11 Å². The summed E-state index contributed by atoms with van der Waals surface area (Å²) in [4.78, 5) is 9.14. The lowest BCUT2D eigenvalue weighted by atomic mass is 10.1. The minimum Gasteiger partial charge on any atom is -0.392 e. The number of piperazine rings is 1. The maximum Gasteiger partial charge on any atom is 0.0670 e. The van der Waals surface area contributed by atoms with Crippen LogP contribution in [0.4, 0.5) is 0 Å². The van der Waals surface area contributed by atoms with Crippen LogP contribution in [0.25, 0.3) is 0 Å². The van der Waals surface area contributed by atoms with E-state index < -0.39 is 0 Å². The third-order valence-electron chi connectivity index (χ3n) is 3.75. The van der Waals surface area contributed by atoms with Crippen molar-refractivity contribution in [2.24, 2.45) is 0 Å². The predicted molar refractivity (Wildman–Crippen MR) is 81.4 cm³/mol. The standard InChI is InChI=1S/C16H25N3O/c1-2-3-7-16(20)14-19-11-9-18(10-12-19)13-15-6-4-5-8-17-15/h2,4-6,8,16,20H,1,3,7,9-14H2. The van der Waals surface area contributed by atoms with E-state index in [1.54, 1.807) is 0 Å². The molecule has 0 aromatic carbocycles. The maximum absolute atomic E-state index is 9.92. The summed E-state index contributed by atoms with van der Waals surface area (Å²) in [6.07, 6.45) is 5.20. The van der Waals surface area contributed by atoms with Crippen LogP contribution in [0.3, 0.4) is 0 Å². The highest BCUT2D eigenvalue weighted by molar-refractivity contribution is 5.03. The van der Waals surface area contributed by atoms with Crippen LogP contribution in [0.5, 0.6) is 0 Å². The SMILES string of the molecule is C=CCCC(O)CN1CCN(Cc2ccccn2)CC1. The zero-order chi connectivity index (χ0) is 14.2. The Labute approximate surface area is 121 Å². The van der Waals surface area contributed by atoms with Crippen LogP contribution < -0.4 is 0 Å². The zero-order valence-electron chi connectivity index (χ0n) is 12.1. The van der Waals surface area contributed by atoms with Gasteiger partial charge in [0.05, 0.1) is 11.8 Å². The molecule has 1 atom stereocenters. The minimum atomic E-state index is -0.227. The Kier molecular flexibility index (Phi) is 6.18. The van der Waals surface area contributed by atoms with Crippen molar-refractivity contribution in [3.63, 3.8) is 0 Å². The summed E-state index contributed by atoms with van der Waals surface area (Å²) in [5.74, 6) is 0. The molecule has 1 N–H and O–H groups in total. The second kappa shape index (κ2) is 8.15. The summed E-state index contributed by atoms with van der Waals surface area (Å²) in [5, 5.41) is 9.92. The van der Waals surface area contributed by atoms with Crippen molar-refractivity contribution in [1.82, 2.24) is 14.8 Å². The topological polar surface area (TPSA) is 39.6 Å². The van der Waals surface area contributed by atoms with Crippen LogP contribution in [-0.2, 0) is 6.54 Å². The number of nitrogens with zero attached hydrogens (tertiary/aromatic N) is 3. The fourth-order valence-electron chi connectivity index (χ4n) is 2.55. The fraction of sp³-hybridized carbons (Fsp3) is 0.562. The van der Waals surface area contributed by atoms with Crippen LogP contribution in [0.2, 0.25) is 0 Å². The number of β-amino-alcohol motifs (C(OH)–C–C–N with tert-alkyl or cyclic N) is 1. The molecule has 2 heterocycles. The first-order valence-electron chi connectivity index (χ1n) is 7.41. The van der Waals surface area contributed by atoms with Crippen molar-refractivity contribution >= 4 is 0 Å². The monoisotopic (exact) mass is 275 g/mol. The molecule has 1 aliphatic rings. The van der Waals surface area contributed by atoms with Gasteiger partial charge in [0.25, 0.3) is 0 Å². The van der Waals surface area contributed by atoms with Gasteiger partial charge in [-0.2, -0.15) is 0 Å². The zero-order valence-corrected chi connectivity index (χ0v) is 12.1. The summed E-state index contributed by atoms with van der Waals surface area (Å²) in [6, 6.07) is 6.06. The second-order valence-corrected chi connectivity index (χ2v) is 5.42. The molecule has 2 rings (SSSR count). The molecule has 4 nitrogen and oxygen atoms in total. The molecule has 0 spiro atoms. The Morgan fingerprint density at radius 2 is 2.00 bits per heavy atom. The first-order valence-corrected chi connectivity index (χ1v) is 7.41. The van der Waals surface area contributed by atoms with Crippen molar-refractivity contribution in [1.29, 1.82) is 0 Å². The highest BCUT2D eigenvalue weighted by Gasteiger charge is 2.19. The molecule has 0 saturated carbocycles. The maximum atomic E-state index is 9.92. The third-order valence-corrected chi connectivity index (χ3v) is 3.75. The summed E-state index contributed by atoms with van der Waals surface area (Å²) < 4.78 is 0. The van der Waals surface area contributed by atoms with Gasteiger partial charge in [-0.1, -0.05) is 12.1 Å². The number of aliphatic hydroxyl groups excluding tert-OH is 1. The van der Waals surface area contributed by atoms with Crippen LogP contribution in [0.1, 0.15) is 18.5 Å². The highest BCUT2D eigenvalue weighted by atomic mass is 16.3. The van der Waals surface area contributed by atoms with Crippen LogP contribution in [0, 0.1) is 0 Å². The number of allylic oxidation sites excluding steroid dienone is 1. The van der Waals surface area contributed by atoms with Gasteiger partial charge in [0.1, 0.15) is 0 Å². The van der Waals surface area contributed by atoms with Crippen molar-refractivity contribution in [2.45, 2.75) is 25.5 Å². The molecule has 0 aliphatic carbocycles. The molecular weight excluding hydrogens is 250 g/mol. The number of hydrogen-bond acceptors (Lipinski definition) is 4. The molecule has 1 unspecified atom stereocenters. The lowest BCUT2D eigenvalue weighted by Gasteiger charge is -2.35. The number of aromatic nitrogens is 1. The van der Waals surface area contributed by atoms with E-state index >= 15 is 0 Å².